The molecule has 4 nitrogen and oxygen atoms in total. The van der Waals surface area contributed by atoms with E-state index in [1.165, 1.54) is 0 Å². The topological polar surface area (TPSA) is 55.4 Å². The zero-order chi connectivity index (χ0) is 17.5. The lowest BCUT2D eigenvalue weighted by molar-refractivity contribution is -0.120. The summed E-state index contributed by atoms with van der Waals surface area (Å²) in [7, 11) is 1.62. The molecule has 0 aliphatic rings. The van der Waals surface area contributed by atoms with Crippen molar-refractivity contribution in [3.63, 3.8) is 0 Å². The first kappa shape index (κ1) is 17.7. The van der Waals surface area contributed by atoms with Crippen LogP contribution >= 0.6 is 0 Å². The quantitative estimate of drug-likeness (QED) is 0.794. The highest BCUT2D eigenvalue weighted by atomic mass is 16.5. The number of carbonyl (C=O) groups is 2. The molecule has 0 fully saturated rings. The molecule has 2 rings (SSSR count). The van der Waals surface area contributed by atoms with Crippen LogP contribution in [-0.4, -0.2) is 25.3 Å². The van der Waals surface area contributed by atoms with Crippen molar-refractivity contribution < 1.29 is 14.3 Å². The summed E-state index contributed by atoms with van der Waals surface area (Å²) in [6.45, 7) is 4.09. The van der Waals surface area contributed by atoms with Gasteiger partial charge in [0, 0.05) is 5.56 Å². The molecule has 0 heterocycles. The van der Waals surface area contributed by atoms with Gasteiger partial charge in [-0.15, -0.1) is 0 Å². The maximum Gasteiger partial charge on any atom is 0.224 e. The van der Waals surface area contributed by atoms with Crippen LogP contribution in [0.4, 0.5) is 0 Å². The van der Waals surface area contributed by atoms with Crippen LogP contribution in [0, 0.1) is 0 Å². The van der Waals surface area contributed by atoms with Crippen molar-refractivity contribution in [2.45, 2.75) is 26.2 Å². The molecule has 4 heteroatoms. The van der Waals surface area contributed by atoms with Gasteiger partial charge in [0.15, 0.2) is 5.78 Å². The first-order valence-electron chi connectivity index (χ1n) is 8.03. The van der Waals surface area contributed by atoms with Crippen molar-refractivity contribution in [2.75, 3.05) is 13.7 Å². The van der Waals surface area contributed by atoms with Gasteiger partial charge in [-0.2, -0.15) is 0 Å². The Hall–Kier alpha value is -2.62. The minimum atomic E-state index is -0.160. The lowest BCUT2D eigenvalue weighted by atomic mass is 9.98. The van der Waals surface area contributed by atoms with E-state index in [2.05, 4.69) is 5.32 Å². The van der Waals surface area contributed by atoms with Gasteiger partial charge in [0.1, 0.15) is 5.75 Å². The molecule has 0 saturated heterocycles. The van der Waals surface area contributed by atoms with Gasteiger partial charge >= 0.3 is 0 Å². The zero-order valence-corrected chi connectivity index (χ0v) is 14.3. The van der Waals surface area contributed by atoms with Crippen molar-refractivity contribution in [3.8, 4) is 5.75 Å². The Morgan fingerprint density at radius 3 is 2.42 bits per heavy atom. The maximum absolute atomic E-state index is 12.3. The van der Waals surface area contributed by atoms with Gasteiger partial charge in [0.05, 0.1) is 20.1 Å². The number of amides is 1. The normalized spacial score (nSPS) is 10.5. The molecule has 0 radical (unpaired) electrons. The van der Waals surface area contributed by atoms with E-state index in [9.17, 15) is 9.59 Å². The highest BCUT2D eigenvalue weighted by Gasteiger charge is 2.13. The molecule has 0 spiro atoms. The van der Waals surface area contributed by atoms with Crippen molar-refractivity contribution in [1.82, 2.24) is 5.32 Å². The van der Waals surface area contributed by atoms with Crippen LogP contribution in [0.3, 0.4) is 0 Å². The second-order valence-corrected chi connectivity index (χ2v) is 5.97. The number of benzene rings is 2. The van der Waals surface area contributed by atoms with Crippen LogP contribution in [0.2, 0.25) is 0 Å². The SMILES string of the molecule is COc1ccc(C(=O)CNC(=O)Cc2ccccc2)cc1C(C)C. The van der Waals surface area contributed by atoms with E-state index in [4.69, 9.17) is 4.74 Å². The molecule has 1 N–H and O–H groups in total. The van der Waals surface area contributed by atoms with Gasteiger partial charge in [0.2, 0.25) is 5.91 Å². The van der Waals surface area contributed by atoms with Crippen LogP contribution in [-0.2, 0) is 11.2 Å². The molecule has 0 saturated carbocycles. The Kier molecular flexibility index (Phi) is 6.13. The predicted octanol–water partition coefficient (Wildman–Crippen LogP) is 3.36. The smallest absolute Gasteiger partial charge is 0.224 e. The van der Waals surface area contributed by atoms with E-state index < -0.39 is 0 Å². The summed E-state index contributed by atoms with van der Waals surface area (Å²) >= 11 is 0. The van der Waals surface area contributed by atoms with E-state index in [0.717, 1.165) is 16.9 Å². The standard InChI is InChI=1S/C20H23NO3/c1-14(2)17-12-16(9-10-19(17)24-3)18(22)13-21-20(23)11-15-7-5-4-6-8-15/h4-10,12,14H,11,13H2,1-3H3,(H,21,23). The number of Topliss-reactive ketones (excluding diaryl/α,β-unsaturated/α-hetero) is 1. The largest absolute Gasteiger partial charge is 0.496 e. The number of hydrogen-bond acceptors (Lipinski definition) is 3. The Bertz CT molecular complexity index is 708. The van der Waals surface area contributed by atoms with Crippen LogP contribution in [0.15, 0.2) is 48.5 Å². The van der Waals surface area contributed by atoms with Crippen molar-refractivity contribution in [3.05, 3.63) is 65.2 Å². The fourth-order valence-electron chi connectivity index (χ4n) is 2.48. The Morgan fingerprint density at radius 2 is 1.79 bits per heavy atom. The van der Waals surface area contributed by atoms with Gasteiger partial charge in [-0.25, -0.2) is 0 Å². The van der Waals surface area contributed by atoms with Crippen molar-refractivity contribution in [2.24, 2.45) is 0 Å². The number of hydrogen-bond donors (Lipinski definition) is 1. The molecule has 126 valence electrons. The zero-order valence-electron chi connectivity index (χ0n) is 14.3. The molecule has 2 aromatic rings. The van der Waals surface area contributed by atoms with E-state index >= 15 is 0 Å². The molecule has 24 heavy (non-hydrogen) atoms. The molecule has 0 unspecified atom stereocenters. The van der Waals surface area contributed by atoms with E-state index in [1.807, 2.05) is 50.2 Å². The molecule has 2 aromatic carbocycles. The number of nitrogens with one attached hydrogen (secondary N) is 1. The summed E-state index contributed by atoms with van der Waals surface area (Å²) < 4.78 is 5.32. The lowest BCUT2D eigenvalue weighted by Crippen LogP contribution is -2.30. The third-order valence-corrected chi connectivity index (χ3v) is 3.83. The molecule has 1 amide bonds. The minimum absolute atomic E-state index is 0.00443. The second kappa shape index (κ2) is 8.29. The first-order chi connectivity index (χ1) is 11.5. The maximum atomic E-state index is 12.3. The van der Waals surface area contributed by atoms with Gasteiger partial charge < -0.3 is 10.1 Å². The van der Waals surface area contributed by atoms with E-state index in [0.29, 0.717) is 5.56 Å². The highest BCUT2D eigenvalue weighted by molar-refractivity contribution is 5.99. The summed E-state index contributed by atoms with van der Waals surface area (Å²) in [5, 5.41) is 2.69. The Labute approximate surface area is 142 Å². The molecule has 0 aliphatic heterocycles. The first-order valence-corrected chi connectivity index (χ1v) is 8.03. The minimum Gasteiger partial charge on any atom is -0.496 e. The Balaban J connectivity index is 1.97. The third-order valence-electron chi connectivity index (χ3n) is 3.83. The van der Waals surface area contributed by atoms with E-state index in [-0.39, 0.29) is 30.6 Å². The monoisotopic (exact) mass is 325 g/mol. The number of carbonyl (C=O) groups excluding carboxylic acids is 2. The van der Waals surface area contributed by atoms with Gasteiger partial charge in [-0.3, -0.25) is 9.59 Å². The van der Waals surface area contributed by atoms with Crippen molar-refractivity contribution >= 4 is 11.7 Å². The van der Waals surface area contributed by atoms with Crippen LogP contribution in [0.25, 0.3) is 0 Å². The second-order valence-electron chi connectivity index (χ2n) is 5.97. The van der Waals surface area contributed by atoms with Gasteiger partial charge in [-0.05, 0) is 35.2 Å². The third kappa shape index (κ3) is 4.69. The summed E-state index contributed by atoms with van der Waals surface area (Å²) in [5.41, 5.74) is 2.49. The number of rotatable bonds is 7. The Morgan fingerprint density at radius 1 is 1.08 bits per heavy atom. The molecule has 0 atom stereocenters. The van der Waals surface area contributed by atoms with Crippen LogP contribution in [0.1, 0.15) is 41.3 Å². The lowest BCUT2D eigenvalue weighted by Gasteiger charge is -2.13. The summed E-state index contributed by atoms with van der Waals surface area (Å²) in [6, 6.07) is 14.8. The van der Waals surface area contributed by atoms with Crippen molar-refractivity contribution in [1.29, 1.82) is 0 Å². The average Bonchev–Trinajstić information content (AvgIpc) is 2.59. The van der Waals surface area contributed by atoms with Crippen LogP contribution in [0.5, 0.6) is 5.75 Å². The molecule has 0 aromatic heterocycles. The number of ketones is 1. The fraction of sp³-hybridized carbons (Fsp3) is 0.300. The summed E-state index contributed by atoms with van der Waals surface area (Å²) in [4.78, 5) is 24.3. The summed E-state index contributed by atoms with van der Waals surface area (Å²) in [5.74, 6) is 0.753. The molecular formula is C20H23NO3. The molecule has 0 bridgehead atoms. The van der Waals surface area contributed by atoms with Gasteiger partial charge in [0.25, 0.3) is 0 Å². The molecule has 0 aliphatic carbocycles. The van der Waals surface area contributed by atoms with E-state index in [1.54, 1.807) is 19.2 Å². The van der Waals surface area contributed by atoms with Crippen LogP contribution < -0.4 is 10.1 Å². The fourth-order valence-corrected chi connectivity index (χ4v) is 2.48. The number of methoxy groups -OCH3 is 1. The predicted molar refractivity (Wildman–Crippen MR) is 94.6 cm³/mol. The average molecular weight is 325 g/mol. The molecular weight excluding hydrogens is 302 g/mol. The van der Waals surface area contributed by atoms with Gasteiger partial charge in [-0.1, -0.05) is 44.2 Å². The number of ether oxygens (including phenoxy) is 1. The highest BCUT2D eigenvalue weighted by Crippen LogP contribution is 2.27. The summed E-state index contributed by atoms with van der Waals surface area (Å²) in [6.07, 6.45) is 0.272.